The normalized spacial score (nSPS) is 31.0. The number of thioether (sulfide) groups is 1. The molecular formula is C16H26N4S. The summed E-state index contributed by atoms with van der Waals surface area (Å²) in [6.07, 6.45) is 5.33. The summed E-state index contributed by atoms with van der Waals surface area (Å²) in [6.45, 7) is 7.31. The van der Waals surface area contributed by atoms with Crippen LogP contribution in [0.3, 0.4) is 0 Å². The first-order valence-corrected chi connectivity index (χ1v) is 8.92. The Labute approximate surface area is 131 Å². The summed E-state index contributed by atoms with van der Waals surface area (Å²) < 4.78 is 1.95. The fourth-order valence-corrected chi connectivity index (χ4v) is 4.88. The number of aliphatic imine (C=N–C) groups is 1. The number of nitrogens with zero attached hydrogens (tertiary/aromatic N) is 3. The smallest absolute Gasteiger partial charge is 0.157 e. The molecule has 0 amide bonds. The Kier molecular flexibility index (Phi) is 4.04. The molecule has 116 valence electrons. The summed E-state index contributed by atoms with van der Waals surface area (Å²) >= 11 is 1.90. The molecule has 1 spiro atoms. The Morgan fingerprint density at radius 1 is 1.48 bits per heavy atom. The Morgan fingerprint density at radius 3 is 2.95 bits per heavy atom. The molecule has 4 nitrogen and oxygen atoms in total. The van der Waals surface area contributed by atoms with E-state index in [0.717, 1.165) is 23.3 Å². The topological polar surface area (TPSA) is 42.2 Å². The molecule has 1 saturated heterocycles. The van der Waals surface area contributed by atoms with Crippen molar-refractivity contribution in [1.82, 2.24) is 15.1 Å². The fourth-order valence-electron chi connectivity index (χ4n) is 3.69. The maximum atomic E-state index is 4.82. The second-order valence-electron chi connectivity index (χ2n) is 6.79. The van der Waals surface area contributed by atoms with Crippen LogP contribution in [0.2, 0.25) is 0 Å². The quantitative estimate of drug-likeness (QED) is 0.912. The van der Waals surface area contributed by atoms with Crippen molar-refractivity contribution >= 4 is 16.9 Å². The average molecular weight is 306 g/mol. The molecule has 1 aliphatic heterocycles. The minimum absolute atomic E-state index is 0.320. The Hall–Kier alpha value is -0.970. The van der Waals surface area contributed by atoms with Gasteiger partial charge < -0.3 is 5.32 Å². The molecule has 3 rings (SSSR count). The molecule has 2 heterocycles. The Balaban J connectivity index is 1.68. The molecule has 1 aromatic rings. The minimum atomic E-state index is 0.320. The predicted molar refractivity (Wildman–Crippen MR) is 89.8 cm³/mol. The Bertz CT molecular complexity index is 563. The third-order valence-electron chi connectivity index (χ3n) is 4.99. The van der Waals surface area contributed by atoms with Crippen molar-refractivity contribution in [3.63, 3.8) is 0 Å². The van der Waals surface area contributed by atoms with Gasteiger partial charge in [0.05, 0.1) is 12.2 Å². The van der Waals surface area contributed by atoms with E-state index in [0.29, 0.717) is 5.54 Å². The van der Waals surface area contributed by atoms with Crippen molar-refractivity contribution in [3.8, 4) is 0 Å². The van der Waals surface area contributed by atoms with Crippen molar-refractivity contribution in [3.05, 3.63) is 17.0 Å². The van der Waals surface area contributed by atoms with E-state index < -0.39 is 0 Å². The van der Waals surface area contributed by atoms with Crippen LogP contribution in [0.15, 0.2) is 4.99 Å². The second kappa shape index (κ2) is 5.67. The van der Waals surface area contributed by atoms with Gasteiger partial charge in [-0.2, -0.15) is 5.10 Å². The summed E-state index contributed by atoms with van der Waals surface area (Å²) in [5.74, 6) is 2.02. The van der Waals surface area contributed by atoms with Crippen molar-refractivity contribution in [1.29, 1.82) is 0 Å². The van der Waals surface area contributed by atoms with E-state index in [9.17, 15) is 0 Å². The van der Waals surface area contributed by atoms with Gasteiger partial charge in [-0.15, -0.1) is 0 Å². The van der Waals surface area contributed by atoms with E-state index in [4.69, 9.17) is 4.99 Å². The Morgan fingerprint density at radius 2 is 2.29 bits per heavy atom. The summed E-state index contributed by atoms with van der Waals surface area (Å²) in [6, 6.07) is 0. The lowest BCUT2D eigenvalue weighted by molar-refractivity contribution is 0.242. The monoisotopic (exact) mass is 306 g/mol. The van der Waals surface area contributed by atoms with Crippen molar-refractivity contribution in [2.24, 2.45) is 18.0 Å². The van der Waals surface area contributed by atoms with Gasteiger partial charge in [-0.1, -0.05) is 31.5 Å². The number of rotatable bonds is 2. The van der Waals surface area contributed by atoms with Crippen LogP contribution >= 0.6 is 11.8 Å². The van der Waals surface area contributed by atoms with Gasteiger partial charge in [-0.3, -0.25) is 9.67 Å². The molecule has 2 unspecified atom stereocenters. The van der Waals surface area contributed by atoms with E-state index >= 15 is 0 Å². The molecule has 0 bridgehead atoms. The lowest BCUT2D eigenvalue weighted by Gasteiger charge is -2.36. The van der Waals surface area contributed by atoms with Crippen molar-refractivity contribution in [2.45, 2.75) is 58.5 Å². The molecule has 21 heavy (non-hydrogen) atoms. The zero-order chi connectivity index (χ0) is 15.0. The van der Waals surface area contributed by atoms with Crippen LogP contribution in [-0.4, -0.2) is 26.2 Å². The highest BCUT2D eigenvalue weighted by Gasteiger charge is 2.40. The molecule has 2 atom stereocenters. The highest BCUT2D eigenvalue weighted by molar-refractivity contribution is 8.14. The van der Waals surface area contributed by atoms with Gasteiger partial charge in [0, 0.05) is 29.6 Å². The van der Waals surface area contributed by atoms with E-state index in [1.807, 2.05) is 23.5 Å². The van der Waals surface area contributed by atoms with E-state index in [1.165, 1.54) is 42.7 Å². The van der Waals surface area contributed by atoms with Gasteiger partial charge in [-0.25, -0.2) is 0 Å². The molecular weight excluding hydrogens is 280 g/mol. The lowest BCUT2D eigenvalue weighted by atomic mass is 9.78. The lowest BCUT2D eigenvalue weighted by Crippen LogP contribution is -2.47. The van der Waals surface area contributed by atoms with Crippen LogP contribution < -0.4 is 5.32 Å². The highest BCUT2D eigenvalue weighted by Crippen LogP contribution is 2.38. The maximum absolute atomic E-state index is 4.82. The fraction of sp³-hybridized carbons (Fsp3) is 0.750. The molecule has 5 heteroatoms. The van der Waals surface area contributed by atoms with E-state index in [-0.39, 0.29) is 0 Å². The molecule has 2 aliphatic rings. The molecule has 2 fully saturated rings. The van der Waals surface area contributed by atoms with Gasteiger partial charge in [0.2, 0.25) is 0 Å². The largest absolute Gasteiger partial charge is 0.359 e. The first-order valence-electron chi connectivity index (χ1n) is 7.94. The molecule has 1 aromatic heterocycles. The molecule has 1 saturated carbocycles. The molecule has 1 aliphatic carbocycles. The third-order valence-corrected chi connectivity index (χ3v) is 6.19. The first kappa shape index (κ1) is 14.9. The van der Waals surface area contributed by atoms with Crippen LogP contribution in [-0.2, 0) is 13.6 Å². The number of amidine groups is 1. The third kappa shape index (κ3) is 2.98. The zero-order valence-electron chi connectivity index (χ0n) is 13.6. The van der Waals surface area contributed by atoms with Crippen LogP contribution in [0.25, 0.3) is 0 Å². The van der Waals surface area contributed by atoms with Crippen LogP contribution in [0, 0.1) is 19.8 Å². The van der Waals surface area contributed by atoms with E-state index in [1.54, 1.807) is 0 Å². The summed E-state index contributed by atoms with van der Waals surface area (Å²) in [5, 5.41) is 9.34. The molecule has 0 radical (unpaired) electrons. The molecule has 1 N–H and O–H groups in total. The van der Waals surface area contributed by atoms with Gasteiger partial charge in [-0.05, 0) is 32.6 Å². The number of aryl methyl sites for hydroxylation is 2. The van der Waals surface area contributed by atoms with Gasteiger partial charge >= 0.3 is 0 Å². The number of hydrogen-bond donors (Lipinski definition) is 1. The maximum Gasteiger partial charge on any atom is 0.157 e. The standard InChI is InChI=1S/C16H26N4S/c1-11-6-5-7-16(8-11)10-21-15(18-16)17-9-14-12(2)19-20(4)13(14)3/h11H,5-10H2,1-4H3,(H,17,18). The zero-order valence-corrected chi connectivity index (χ0v) is 14.4. The SMILES string of the molecule is Cc1nn(C)c(C)c1CN=C1NC2(CCCC(C)C2)CS1. The summed E-state index contributed by atoms with van der Waals surface area (Å²) in [7, 11) is 2.00. The van der Waals surface area contributed by atoms with Crippen LogP contribution in [0.1, 0.15) is 49.6 Å². The number of hydrogen-bond acceptors (Lipinski definition) is 3. The molecule has 0 aromatic carbocycles. The highest BCUT2D eigenvalue weighted by atomic mass is 32.2. The van der Waals surface area contributed by atoms with Gasteiger partial charge in [0.25, 0.3) is 0 Å². The van der Waals surface area contributed by atoms with Gasteiger partial charge in [0.15, 0.2) is 5.17 Å². The summed E-state index contributed by atoms with van der Waals surface area (Å²) in [5.41, 5.74) is 3.91. The number of nitrogens with one attached hydrogen (secondary N) is 1. The average Bonchev–Trinajstić information content (AvgIpc) is 2.91. The second-order valence-corrected chi connectivity index (χ2v) is 7.75. The van der Waals surface area contributed by atoms with Crippen molar-refractivity contribution < 1.29 is 0 Å². The van der Waals surface area contributed by atoms with Gasteiger partial charge in [0.1, 0.15) is 0 Å². The van der Waals surface area contributed by atoms with E-state index in [2.05, 4.69) is 31.2 Å². The summed E-state index contributed by atoms with van der Waals surface area (Å²) in [4.78, 5) is 4.82. The minimum Gasteiger partial charge on any atom is -0.359 e. The van der Waals surface area contributed by atoms with Crippen LogP contribution in [0.5, 0.6) is 0 Å². The first-order chi connectivity index (χ1) is 9.99. The predicted octanol–water partition coefficient (Wildman–Crippen LogP) is 3.18. The van der Waals surface area contributed by atoms with Crippen molar-refractivity contribution in [2.75, 3.05) is 5.75 Å². The number of aromatic nitrogens is 2. The van der Waals surface area contributed by atoms with Crippen LogP contribution in [0.4, 0.5) is 0 Å².